The number of phenols is 1. The summed E-state index contributed by atoms with van der Waals surface area (Å²) in [4.78, 5) is 21.4. The van der Waals surface area contributed by atoms with Crippen LogP contribution in [0.5, 0.6) is 5.75 Å². The van der Waals surface area contributed by atoms with Crippen LogP contribution < -0.4 is 0 Å². The van der Waals surface area contributed by atoms with Crippen LogP contribution in [0.1, 0.15) is 34.3 Å². The van der Waals surface area contributed by atoms with Gasteiger partial charge in [-0.15, -0.1) is 0 Å². The number of phenolic OH excluding ortho intramolecular Hbond substituents is 1. The maximum absolute atomic E-state index is 13.5. The summed E-state index contributed by atoms with van der Waals surface area (Å²) in [6.45, 7) is 2.93. The van der Waals surface area contributed by atoms with E-state index in [9.17, 15) is 9.90 Å². The molecule has 3 atom stereocenters. The molecule has 6 nitrogen and oxygen atoms in total. The van der Waals surface area contributed by atoms with E-state index < -0.39 is 0 Å². The van der Waals surface area contributed by atoms with E-state index in [1.54, 1.807) is 12.1 Å². The SMILES string of the molecule is Cc1cc(C(=O)N2C3CCN2C(Cc2ccccc2)C3)ccc1-c1nc2c(O)cccc2[nH]1. The summed E-state index contributed by atoms with van der Waals surface area (Å²) in [5, 5.41) is 14.4. The van der Waals surface area contributed by atoms with Crippen LogP contribution >= 0.6 is 0 Å². The highest BCUT2D eigenvalue weighted by Crippen LogP contribution is 2.37. The Balaban J connectivity index is 1.25. The maximum Gasteiger partial charge on any atom is 0.268 e. The van der Waals surface area contributed by atoms with Gasteiger partial charge < -0.3 is 10.1 Å². The molecule has 2 N–H and O–H groups in total. The van der Waals surface area contributed by atoms with Gasteiger partial charge in [0.2, 0.25) is 0 Å². The zero-order chi connectivity index (χ0) is 22.5. The highest BCUT2D eigenvalue weighted by molar-refractivity contribution is 5.95. The molecule has 2 bridgehead atoms. The smallest absolute Gasteiger partial charge is 0.268 e. The van der Waals surface area contributed by atoms with Crippen molar-refractivity contribution in [3.8, 4) is 17.1 Å². The molecule has 6 rings (SSSR count). The Morgan fingerprint density at radius 3 is 2.76 bits per heavy atom. The molecule has 166 valence electrons. The average Bonchev–Trinajstić information content (AvgIpc) is 3.52. The number of H-pyrrole nitrogens is 1. The molecule has 1 aromatic heterocycles. The third-order valence-electron chi connectivity index (χ3n) is 7.02. The number of nitrogens with one attached hydrogen (secondary N) is 1. The lowest BCUT2D eigenvalue weighted by Gasteiger charge is -2.28. The normalized spacial score (nSPS) is 21.7. The van der Waals surface area contributed by atoms with E-state index in [0.717, 1.165) is 42.5 Å². The minimum absolute atomic E-state index is 0.0740. The zero-order valence-corrected chi connectivity index (χ0v) is 18.5. The van der Waals surface area contributed by atoms with Crippen molar-refractivity contribution in [2.24, 2.45) is 0 Å². The highest BCUT2D eigenvalue weighted by atomic mass is 16.3. The van der Waals surface area contributed by atoms with Crippen LogP contribution in [-0.4, -0.2) is 49.6 Å². The van der Waals surface area contributed by atoms with Crippen molar-refractivity contribution >= 4 is 16.9 Å². The molecule has 1 amide bonds. The van der Waals surface area contributed by atoms with Gasteiger partial charge in [-0.25, -0.2) is 9.99 Å². The molecule has 0 saturated carbocycles. The van der Waals surface area contributed by atoms with Gasteiger partial charge in [0.05, 0.1) is 11.6 Å². The second kappa shape index (κ2) is 7.74. The van der Waals surface area contributed by atoms with Crippen molar-refractivity contribution in [2.45, 2.75) is 38.3 Å². The molecule has 0 radical (unpaired) electrons. The molecular weight excluding hydrogens is 412 g/mol. The van der Waals surface area contributed by atoms with Crippen molar-refractivity contribution < 1.29 is 9.90 Å². The monoisotopic (exact) mass is 438 g/mol. The third-order valence-corrected chi connectivity index (χ3v) is 7.02. The average molecular weight is 439 g/mol. The number of aromatic nitrogens is 2. The van der Waals surface area contributed by atoms with Crippen LogP contribution in [0.4, 0.5) is 0 Å². The van der Waals surface area contributed by atoms with E-state index in [2.05, 4.69) is 39.2 Å². The van der Waals surface area contributed by atoms with Gasteiger partial charge >= 0.3 is 0 Å². The Bertz CT molecular complexity index is 1350. The van der Waals surface area contributed by atoms with E-state index in [0.29, 0.717) is 22.9 Å². The molecule has 0 aliphatic carbocycles. The number of aromatic amines is 1. The number of piperidine rings is 1. The predicted octanol–water partition coefficient (Wildman–Crippen LogP) is 4.69. The molecule has 2 fully saturated rings. The first-order valence-electron chi connectivity index (χ1n) is 11.5. The lowest BCUT2D eigenvalue weighted by Crippen LogP contribution is -2.42. The van der Waals surface area contributed by atoms with Gasteiger partial charge in [0.15, 0.2) is 0 Å². The number of imidazole rings is 1. The number of hydrazine groups is 1. The van der Waals surface area contributed by atoms with Gasteiger partial charge in [0.25, 0.3) is 5.91 Å². The second-order valence-corrected chi connectivity index (χ2v) is 9.12. The second-order valence-electron chi connectivity index (χ2n) is 9.12. The summed E-state index contributed by atoms with van der Waals surface area (Å²) in [6.07, 6.45) is 3.04. The first-order valence-corrected chi connectivity index (χ1v) is 11.5. The molecule has 3 heterocycles. The molecule has 6 heteroatoms. The molecule has 3 aromatic carbocycles. The summed E-state index contributed by atoms with van der Waals surface area (Å²) in [7, 11) is 0. The predicted molar refractivity (Wildman–Crippen MR) is 128 cm³/mol. The fourth-order valence-corrected chi connectivity index (χ4v) is 5.43. The molecular formula is C27H26N4O2. The van der Waals surface area contributed by atoms with Gasteiger partial charge in [0.1, 0.15) is 17.1 Å². The summed E-state index contributed by atoms with van der Waals surface area (Å²) in [5.74, 6) is 0.920. The largest absolute Gasteiger partial charge is 0.506 e. The molecule has 0 spiro atoms. The number of fused-ring (bicyclic) bond motifs is 3. The molecule has 2 saturated heterocycles. The number of benzene rings is 3. The van der Waals surface area contributed by atoms with Crippen molar-refractivity contribution in [1.82, 2.24) is 20.0 Å². The number of aryl methyl sites for hydroxylation is 1. The van der Waals surface area contributed by atoms with Crippen molar-refractivity contribution in [1.29, 1.82) is 0 Å². The van der Waals surface area contributed by atoms with Gasteiger partial charge in [0, 0.05) is 23.7 Å². The molecule has 4 aromatic rings. The van der Waals surface area contributed by atoms with E-state index in [-0.39, 0.29) is 17.7 Å². The first-order chi connectivity index (χ1) is 16.1. The molecule has 33 heavy (non-hydrogen) atoms. The van der Waals surface area contributed by atoms with Crippen molar-refractivity contribution in [3.63, 3.8) is 0 Å². The number of carbonyl (C=O) groups is 1. The summed E-state index contributed by atoms with van der Waals surface area (Å²) in [5.41, 5.74) is 5.26. The Hall–Kier alpha value is -3.64. The van der Waals surface area contributed by atoms with E-state index in [1.807, 2.05) is 42.3 Å². The van der Waals surface area contributed by atoms with Crippen LogP contribution in [-0.2, 0) is 6.42 Å². The quantitative estimate of drug-likeness (QED) is 0.485. The standard InChI is InChI=1S/C27H26N4O2/c1-17-14-19(10-11-22(17)26-28-23-8-5-9-24(32)25(23)29-26)27(33)31-20-12-13-30(31)21(16-20)15-18-6-3-2-4-7-18/h2-11,14,20-21,32H,12-13,15-16H2,1H3,(H,28,29). The van der Waals surface area contributed by atoms with E-state index in [4.69, 9.17) is 0 Å². The van der Waals surface area contributed by atoms with Gasteiger partial charge in [-0.05, 0) is 61.6 Å². The van der Waals surface area contributed by atoms with Crippen LogP contribution in [0.2, 0.25) is 0 Å². The zero-order valence-electron chi connectivity index (χ0n) is 18.5. The van der Waals surface area contributed by atoms with Crippen LogP contribution in [0, 0.1) is 6.92 Å². The Morgan fingerprint density at radius 2 is 1.97 bits per heavy atom. The number of rotatable bonds is 4. The topological polar surface area (TPSA) is 72.5 Å². The Morgan fingerprint density at radius 1 is 1.12 bits per heavy atom. The van der Waals surface area contributed by atoms with E-state index in [1.165, 1.54) is 5.56 Å². The number of para-hydroxylation sites is 1. The lowest BCUT2D eigenvalue weighted by molar-refractivity contribution is 0.0197. The first kappa shape index (κ1) is 20.0. The number of hydrogen-bond donors (Lipinski definition) is 2. The minimum Gasteiger partial charge on any atom is -0.506 e. The molecule has 2 aliphatic heterocycles. The van der Waals surface area contributed by atoms with Crippen LogP contribution in [0.25, 0.3) is 22.4 Å². The van der Waals surface area contributed by atoms with Gasteiger partial charge in [-0.2, -0.15) is 0 Å². The number of aromatic hydroxyl groups is 1. The Kier molecular flexibility index (Phi) is 4.69. The summed E-state index contributed by atoms with van der Waals surface area (Å²) < 4.78 is 0. The maximum atomic E-state index is 13.5. The van der Waals surface area contributed by atoms with Crippen LogP contribution in [0.15, 0.2) is 66.7 Å². The summed E-state index contributed by atoms with van der Waals surface area (Å²) in [6, 6.07) is 22.3. The number of carbonyl (C=O) groups excluding carboxylic acids is 1. The van der Waals surface area contributed by atoms with Crippen molar-refractivity contribution in [2.75, 3.05) is 6.54 Å². The summed E-state index contributed by atoms with van der Waals surface area (Å²) >= 11 is 0. The Labute approximate surface area is 192 Å². The minimum atomic E-state index is 0.0740. The van der Waals surface area contributed by atoms with E-state index >= 15 is 0 Å². The molecule has 3 unspecified atom stereocenters. The number of nitrogens with zero attached hydrogens (tertiary/aromatic N) is 3. The fraction of sp³-hybridized carbons (Fsp3) is 0.259. The van der Waals surface area contributed by atoms with Crippen LogP contribution in [0.3, 0.4) is 0 Å². The third kappa shape index (κ3) is 3.38. The fourth-order valence-electron chi connectivity index (χ4n) is 5.43. The van der Waals surface area contributed by atoms with Crippen molar-refractivity contribution in [3.05, 3.63) is 83.4 Å². The molecule has 2 aliphatic rings. The van der Waals surface area contributed by atoms with Gasteiger partial charge in [-0.1, -0.05) is 42.5 Å². The number of hydrogen-bond acceptors (Lipinski definition) is 4. The number of amides is 1. The van der Waals surface area contributed by atoms with Gasteiger partial charge in [-0.3, -0.25) is 9.80 Å². The lowest BCUT2D eigenvalue weighted by atomic mass is 9.97. The highest BCUT2D eigenvalue weighted by Gasteiger charge is 2.47.